The molecule has 0 radical (unpaired) electrons. The van der Waals surface area contributed by atoms with Crippen LogP contribution in [0.2, 0.25) is 0 Å². The second-order valence-corrected chi connectivity index (χ2v) is 23.7. The van der Waals surface area contributed by atoms with E-state index in [0.717, 1.165) is 9.79 Å². The van der Waals surface area contributed by atoms with Gasteiger partial charge in [-0.2, -0.15) is 0 Å². The third-order valence-corrected chi connectivity index (χ3v) is 18.1. The smallest absolute Gasteiger partial charge is 0.344 e. The number of rotatable bonds is 18. The maximum absolute atomic E-state index is 14.4. The predicted octanol–water partition coefficient (Wildman–Crippen LogP) is 10.5. The number of fused-ring (bicyclic) bond motifs is 2. The molecule has 2 aliphatic rings. The molecular formula is C42H46N6O7P2S2. The first-order chi connectivity index (χ1) is 28.6. The van der Waals surface area contributed by atoms with E-state index < -0.39 is 37.5 Å². The minimum Gasteiger partial charge on any atom is -0.344 e. The van der Waals surface area contributed by atoms with Gasteiger partial charge >= 0.3 is 13.4 Å². The van der Waals surface area contributed by atoms with Gasteiger partial charge in [0.05, 0.1) is 31.7 Å². The van der Waals surface area contributed by atoms with Crippen LogP contribution in [0.25, 0.3) is 11.2 Å². The highest BCUT2D eigenvalue weighted by atomic mass is 33.1. The molecule has 1 aliphatic carbocycles. The first-order valence-electron chi connectivity index (χ1n) is 19.5. The summed E-state index contributed by atoms with van der Waals surface area (Å²) in [5, 5.41) is 6.15. The lowest BCUT2D eigenvalue weighted by Crippen LogP contribution is -2.33. The van der Waals surface area contributed by atoms with Gasteiger partial charge in [0.25, 0.3) is 5.56 Å². The standard InChI is InChI=1S/C42H46N6O7P2S2/c1-42(2)54-38-31(28-53-56(50,45-32-17-7-3-8-18-32)46-33-19-9-4-10-20-33)27-36(39(38)55-42)48-30-44-40-37(41(48)49)43-29-47(40)25-15-16-26-52-57(51,58-34-21-11-5-12-22-34)59-35-23-13-6-14-24-35/h3-14,17-24,29-31,36,38-39H,15-16,25-28H2,1-2H3,(H2,45,46,50)/t31-,36-,38-,39+/m1/s1. The Kier molecular flexibility index (Phi) is 12.8. The van der Waals surface area contributed by atoms with Crippen LogP contribution >= 0.6 is 36.2 Å². The molecule has 308 valence electrons. The van der Waals surface area contributed by atoms with Crippen molar-refractivity contribution < 1.29 is 27.7 Å². The van der Waals surface area contributed by atoms with Crippen LogP contribution < -0.4 is 15.7 Å². The third kappa shape index (κ3) is 10.2. The molecule has 2 N–H and O–H groups in total. The number of imidazole rings is 1. The molecule has 0 spiro atoms. The summed E-state index contributed by atoms with van der Waals surface area (Å²) >= 11 is 2.52. The van der Waals surface area contributed by atoms with Crippen LogP contribution in [0.1, 0.15) is 39.2 Å². The van der Waals surface area contributed by atoms with Crippen molar-refractivity contribution in [2.45, 2.75) is 73.5 Å². The van der Waals surface area contributed by atoms with E-state index in [1.807, 2.05) is 140 Å². The molecule has 6 aromatic rings. The quantitative estimate of drug-likeness (QED) is 0.0624. The van der Waals surface area contributed by atoms with Crippen LogP contribution in [0.3, 0.4) is 0 Å². The van der Waals surface area contributed by atoms with Crippen molar-refractivity contribution in [1.82, 2.24) is 19.1 Å². The highest BCUT2D eigenvalue weighted by Gasteiger charge is 2.55. The van der Waals surface area contributed by atoms with Gasteiger partial charge < -0.3 is 18.6 Å². The van der Waals surface area contributed by atoms with Gasteiger partial charge in [0, 0.05) is 33.6 Å². The summed E-state index contributed by atoms with van der Waals surface area (Å²) in [5.74, 6) is -4.34. The average Bonchev–Trinajstić information content (AvgIpc) is 3.89. The summed E-state index contributed by atoms with van der Waals surface area (Å²) in [7, 11) is -3.68. The molecule has 0 amide bonds. The number of para-hydroxylation sites is 2. The van der Waals surface area contributed by atoms with E-state index in [0.29, 0.717) is 49.4 Å². The zero-order valence-corrected chi connectivity index (χ0v) is 36.0. The Morgan fingerprint density at radius 3 is 1.90 bits per heavy atom. The van der Waals surface area contributed by atoms with Crippen molar-refractivity contribution in [3.63, 3.8) is 0 Å². The van der Waals surface area contributed by atoms with E-state index in [2.05, 4.69) is 15.2 Å². The molecule has 13 nitrogen and oxygen atoms in total. The average molecular weight is 873 g/mol. The molecular weight excluding hydrogens is 827 g/mol. The molecule has 0 unspecified atom stereocenters. The minimum absolute atomic E-state index is 0.0716. The van der Waals surface area contributed by atoms with Crippen molar-refractivity contribution in [2.24, 2.45) is 5.92 Å². The van der Waals surface area contributed by atoms with Gasteiger partial charge in [-0.1, -0.05) is 72.8 Å². The highest BCUT2D eigenvalue weighted by Crippen LogP contribution is 2.74. The Morgan fingerprint density at radius 2 is 1.31 bits per heavy atom. The fourth-order valence-electron chi connectivity index (χ4n) is 7.36. The molecule has 3 heterocycles. The fraction of sp³-hybridized carbons (Fsp3) is 0.310. The Hall–Kier alpha value is -4.17. The number of hydrogen-bond acceptors (Lipinski definition) is 11. The first kappa shape index (κ1) is 41.6. The number of ether oxygens (including phenoxy) is 2. The van der Waals surface area contributed by atoms with Crippen molar-refractivity contribution >= 4 is 58.7 Å². The van der Waals surface area contributed by atoms with Gasteiger partial charge in [0.2, 0.25) is 0 Å². The van der Waals surface area contributed by atoms with Crippen LogP contribution in [-0.4, -0.2) is 50.3 Å². The Balaban J connectivity index is 0.930. The van der Waals surface area contributed by atoms with E-state index in [1.165, 1.54) is 22.8 Å². The molecule has 0 bridgehead atoms. The number of nitrogens with one attached hydrogen (secondary N) is 2. The molecule has 8 rings (SSSR count). The molecule has 4 atom stereocenters. The number of benzene rings is 4. The molecule has 2 fully saturated rings. The molecule has 1 aliphatic heterocycles. The van der Waals surface area contributed by atoms with E-state index in [-0.39, 0.29) is 23.6 Å². The van der Waals surface area contributed by atoms with Crippen molar-refractivity contribution in [1.29, 1.82) is 0 Å². The summed E-state index contributed by atoms with van der Waals surface area (Å²) in [5.41, 5.74) is 1.74. The van der Waals surface area contributed by atoms with Gasteiger partial charge in [0.1, 0.15) is 12.4 Å². The number of aryl methyl sites for hydroxylation is 1. The zero-order valence-electron chi connectivity index (χ0n) is 32.6. The normalized spacial score (nSPS) is 20.1. The third-order valence-electron chi connectivity index (χ3n) is 9.99. The zero-order chi connectivity index (χ0) is 40.9. The van der Waals surface area contributed by atoms with Gasteiger partial charge in [0.15, 0.2) is 17.0 Å². The lowest BCUT2D eigenvalue weighted by Gasteiger charge is -2.26. The van der Waals surface area contributed by atoms with Gasteiger partial charge in [-0.3, -0.25) is 28.6 Å². The Bertz CT molecular complexity index is 2390. The second-order valence-electron chi connectivity index (χ2n) is 14.8. The molecule has 2 aromatic heterocycles. The molecule has 17 heteroatoms. The van der Waals surface area contributed by atoms with E-state index in [4.69, 9.17) is 23.5 Å². The van der Waals surface area contributed by atoms with Crippen LogP contribution in [0.5, 0.6) is 0 Å². The fourth-order valence-corrected chi connectivity index (χ4v) is 15.5. The van der Waals surface area contributed by atoms with Gasteiger partial charge in [-0.15, -0.1) is 0 Å². The molecule has 1 saturated heterocycles. The van der Waals surface area contributed by atoms with Crippen molar-refractivity contribution in [3.05, 3.63) is 144 Å². The Labute approximate surface area is 351 Å². The van der Waals surface area contributed by atoms with E-state index >= 15 is 0 Å². The van der Waals surface area contributed by atoms with Crippen LogP contribution in [0.15, 0.2) is 149 Å². The van der Waals surface area contributed by atoms with Crippen LogP contribution in [0, 0.1) is 5.92 Å². The maximum Gasteiger partial charge on any atom is 0.391 e. The summed E-state index contributed by atoms with van der Waals surface area (Å²) < 4.78 is 57.0. The predicted molar refractivity (Wildman–Crippen MR) is 234 cm³/mol. The van der Waals surface area contributed by atoms with Gasteiger partial charge in [-0.25, -0.2) is 14.5 Å². The van der Waals surface area contributed by atoms with Crippen LogP contribution in [-0.2, 0) is 34.2 Å². The van der Waals surface area contributed by atoms with Crippen LogP contribution in [0.4, 0.5) is 11.4 Å². The minimum atomic E-state index is -3.68. The summed E-state index contributed by atoms with van der Waals surface area (Å²) in [4.78, 5) is 25.1. The lowest BCUT2D eigenvalue weighted by molar-refractivity contribution is -0.161. The van der Waals surface area contributed by atoms with Gasteiger partial charge in [-0.05, 0) is 104 Å². The SMILES string of the molecule is CC1(C)O[C@@H]2[C@@H](COP(=O)(Nc3ccccc3)Nc3ccccc3)C[C@@H](n3cnc4c(ncn4CCCCOP(=O)(Sc4ccccc4)Sc4ccccc4)c3=O)[C@@H]2O1. The van der Waals surface area contributed by atoms with Crippen molar-refractivity contribution in [2.75, 3.05) is 23.4 Å². The van der Waals surface area contributed by atoms with E-state index in [9.17, 15) is 13.9 Å². The second kappa shape index (κ2) is 18.2. The van der Waals surface area contributed by atoms with Crippen molar-refractivity contribution in [3.8, 4) is 0 Å². The molecule has 59 heavy (non-hydrogen) atoms. The monoisotopic (exact) mass is 872 g/mol. The number of nitrogens with zero attached hydrogens (tertiary/aromatic N) is 4. The molecule has 1 saturated carbocycles. The number of aromatic nitrogens is 4. The lowest BCUT2D eigenvalue weighted by atomic mass is 10.1. The highest BCUT2D eigenvalue weighted by molar-refractivity contribution is 8.89. The largest absolute Gasteiger partial charge is 0.391 e. The maximum atomic E-state index is 14.4. The number of hydrogen-bond donors (Lipinski definition) is 2. The van der Waals surface area contributed by atoms with E-state index in [1.54, 1.807) is 17.2 Å². The summed E-state index contributed by atoms with van der Waals surface area (Å²) in [6, 6.07) is 37.3. The number of anilines is 2. The first-order valence-corrected chi connectivity index (χ1v) is 25.6. The topological polar surface area (TPSA) is 148 Å². The number of unbranched alkanes of at least 4 members (excludes halogenated alkanes) is 1. The Morgan fingerprint density at radius 1 is 0.746 bits per heavy atom. The molecule has 4 aromatic carbocycles. The summed E-state index contributed by atoms with van der Waals surface area (Å²) in [6.45, 7) is 4.61. The summed E-state index contributed by atoms with van der Waals surface area (Å²) in [6.07, 6.45) is 4.09.